The summed E-state index contributed by atoms with van der Waals surface area (Å²) in [4.78, 5) is 2.39. The lowest BCUT2D eigenvalue weighted by Gasteiger charge is -2.27. The van der Waals surface area contributed by atoms with Gasteiger partial charge in [0, 0.05) is 17.1 Å². The van der Waals surface area contributed by atoms with Gasteiger partial charge in [-0.15, -0.1) is 0 Å². The largest absolute Gasteiger partial charge is 0.310 e. The summed E-state index contributed by atoms with van der Waals surface area (Å²) in [6, 6.07) is 72.5. The molecule has 0 heterocycles. The van der Waals surface area contributed by atoms with Gasteiger partial charge < -0.3 is 4.90 Å². The maximum absolute atomic E-state index is 2.39. The van der Waals surface area contributed by atoms with Crippen LogP contribution in [0.4, 0.5) is 17.1 Å². The van der Waals surface area contributed by atoms with E-state index in [0.717, 1.165) is 17.1 Å². The molecule has 0 aliphatic carbocycles. The van der Waals surface area contributed by atoms with Crippen LogP contribution in [0.25, 0.3) is 65.7 Å². The molecule has 0 aromatic heterocycles. The second-order valence-electron chi connectivity index (χ2n) is 12.6. The predicted molar refractivity (Wildman–Crippen MR) is 210 cm³/mol. The highest BCUT2D eigenvalue weighted by molar-refractivity contribution is 6.08. The predicted octanol–water partition coefficient (Wildman–Crippen LogP) is 13.6. The van der Waals surface area contributed by atoms with Crippen molar-refractivity contribution in [3.63, 3.8) is 0 Å². The van der Waals surface area contributed by atoms with Crippen molar-refractivity contribution >= 4 is 49.4 Å². The molecule has 9 rings (SSSR count). The first-order valence-electron chi connectivity index (χ1n) is 16.8. The van der Waals surface area contributed by atoms with E-state index in [4.69, 9.17) is 0 Å². The Morgan fingerprint density at radius 3 is 1.55 bits per heavy atom. The zero-order valence-electron chi connectivity index (χ0n) is 27.0. The third-order valence-electron chi connectivity index (χ3n) is 9.63. The molecule has 0 unspecified atom stereocenters. The maximum Gasteiger partial charge on any atom is 0.0468 e. The molecule has 0 atom stereocenters. The van der Waals surface area contributed by atoms with E-state index in [2.05, 4.69) is 205 Å². The summed E-state index contributed by atoms with van der Waals surface area (Å²) in [6.07, 6.45) is 0. The van der Waals surface area contributed by atoms with Gasteiger partial charge in [-0.25, -0.2) is 0 Å². The molecule has 230 valence electrons. The number of hydrogen-bond donors (Lipinski definition) is 0. The molecule has 49 heavy (non-hydrogen) atoms. The second kappa shape index (κ2) is 12.3. The molecule has 0 spiro atoms. The van der Waals surface area contributed by atoms with Crippen LogP contribution in [0, 0.1) is 0 Å². The Hall–Kier alpha value is -6.44. The number of anilines is 3. The highest BCUT2D eigenvalue weighted by Gasteiger charge is 2.17. The summed E-state index contributed by atoms with van der Waals surface area (Å²) in [5, 5.41) is 7.52. The van der Waals surface area contributed by atoms with Crippen molar-refractivity contribution in [1.82, 2.24) is 0 Å². The number of hydrogen-bond acceptors (Lipinski definition) is 1. The molecule has 0 N–H and O–H groups in total. The second-order valence-corrected chi connectivity index (χ2v) is 12.6. The SMILES string of the molecule is c1ccc(-c2ccc(N(c3ccc(-c4ccc5ccccc5c4)cc3)c3ccc4c(ccc5ccccc54)c3)cc2-c2ccccc2)cc1. The number of nitrogens with zero attached hydrogens (tertiary/aromatic N) is 1. The van der Waals surface area contributed by atoms with Crippen molar-refractivity contribution in [1.29, 1.82) is 0 Å². The van der Waals surface area contributed by atoms with Crippen molar-refractivity contribution in [2.24, 2.45) is 0 Å². The zero-order chi connectivity index (χ0) is 32.6. The molecular weight excluding hydrogens is 591 g/mol. The van der Waals surface area contributed by atoms with Crippen molar-refractivity contribution in [3.8, 4) is 33.4 Å². The van der Waals surface area contributed by atoms with Crippen LogP contribution in [-0.2, 0) is 0 Å². The summed E-state index contributed by atoms with van der Waals surface area (Å²) in [5.74, 6) is 0. The average Bonchev–Trinajstić information content (AvgIpc) is 3.18. The molecule has 0 aliphatic rings. The fraction of sp³-hybridized carbons (Fsp3) is 0. The first-order chi connectivity index (χ1) is 24.3. The highest BCUT2D eigenvalue weighted by atomic mass is 15.1. The minimum Gasteiger partial charge on any atom is -0.310 e. The average molecular weight is 624 g/mol. The number of benzene rings is 9. The Morgan fingerprint density at radius 2 is 0.776 bits per heavy atom. The molecule has 0 aliphatic heterocycles. The third-order valence-corrected chi connectivity index (χ3v) is 9.63. The van der Waals surface area contributed by atoms with Crippen LogP contribution in [0.2, 0.25) is 0 Å². The van der Waals surface area contributed by atoms with E-state index < -0.39 is 0 Å². The van der Waals surface area contributed by atoms with E-state index in [1.807, 2.05) is 0 Å². The van der Waals surface area contributed by atoms with Crippen molar-refractivity contribution in [2.45, 2.75) is 0 Å². The van der Waals surface area contributed by atoms with E-state index in [1.165, 1.54) is 65.7 Å². The summed E-state index contributed by atoms with van der Waals surface area (Å²) in [6.45, 7) is 0. The molecule has 0 amide bonds. The lowest BCUT2D eigenvalue weighted by molar-refractivity contribution is 1.29. The summed E-state index contributed by atoms with van der Waals surface area (Å²) >= 11 is 0. The highest BCUT2D eigenvalue weighted by Crippen LogP contribution is 2.42. The fourth-order valence-corrected chi connectivity index (χ4v) is 7.16. The minimum absolute atomic E-state index is 1.11. The molecule has 9 aromatic rings. The van der Waals surface area contributed by atoms with Crippen molar-refractivity contribution < 1.29 is 0 Å². The van der Waals surface area contributed by atoms with Gasteiger partial charge in [-0.1, -0.05) is 158 Å². The van der Waals surface area contributed by atoms with Gasteiger partial charge in [0.2, 0.25) is 0 Å². The van der Waals surface area contributed by atoms with E-state index in [1.54, 1.807) is 0 Å². The van der Waals surface area contributed by atoms with Crippen molar-refractivity contribution in [3.05, 3.63) is 200 Å². The summed E-state index contributed by atoms with van der Waals surface area (Å²) in [7, 11) is 0. The van der Waals surface area contributed by atoms with Gasteiger partial charge in [0.05, 0.1) is 0 Å². The first kappa shape index (κ1) is 28.8. The van der Waals surface area contributed by atoms with Crippen LogP contribution >= 0.6 is 0 Å². The maximum atomic E-state index is 2.39. The first-order valence-corrected chi connectivity index (χ1v) is 16.8. The Bertz CT molecular complexity index is 2590. The minimum atomic E-state index is 1.11. The number of fused-ring (bicyclic) bond motifs is 4. The van der Waals surface area contributed by atoms with Gasteiger partial charge in [0.25, 0.3) is 0 Å². The van der Waals surface area contributed by atoms with E-state index >= 15 is 0 Å². The van der Waals surface area contributed by atoms with Gasteiger partial charge >= 0.3 is 0 Å². The Morgan fingerprint density at radius 1 is 0.245 bits per heavy atom. The fourth-order valence-electron chi connectivity index (χ4n) is 7.16. The van der Waals surface area contributed by atoms with E-state index in [0.29, 0.717) is 0 Å². The smallest absolute Gasteiger partial charge is 0.0468 e. The van der Waals surface area contributed by atoms with Crippen LogP contribution < -0.4 is 4.90 Å². The van der Waals surface area contributed by atoms with Gasteiger partial charge in [-0.05, 0) is 108 Å². The number of rotatable bonds is 6. The molecule has 1 nitrogen and oxygen atoms in total. The molecule has 0 radical (unpaired) electrons. The molecule has 0 saturated heterocycles. The topological polar surface area (TPSA) is 3.24 Å². The van der Waals surface area contributed by atoms with Crippen LogP contribution in [0.3, 0.4) is 0 Å². The summed E-state index contributed by atoms with van der Waals surface area (Å²) < 4.78 is 0. The van der Waals surface area contributed by atoms with Gasteiger partial charge in [0.1, 0.15) is 0 Å². The monoisotopic (exact) mass is 623 g/mol. The van der Waals surface area contributed by atoms with Crippen LogP contribution in [0.15, 0.2) is 200 Å². The van der Waals surface area contributed by atoms with Crippen molar-refractivity contribution in [2.75, 3.05) is 4.90 Å². The third kappa shape index (κ3) is 5.42. The Labute approximate surface area is 287 Å². The van der Waals surface area contributed by atoms with Gasteiger partial charge in [-0.3, -0.25) is 0 Å². The molecule has 0 saturated carbocycles. The van der Waals surface area contributed by atoms with Gasteiger partial charge in [0.15, 0.2) is 0 Å². The Balaban J connectivity index is 1.21. The van der Waals surface area contributed by atoms with Crippen LogP contribution in [-0.4, -0.2) is 0 Å². The zero-order valence-corrected chi connectivity index (χ0v) is 27.0. The van der Waals surface area contributed by atoms with E-state index in [-0.39, 0.29) is 0 Å². The lowest BCUT2D eigenvalue weighted by Crippen LogP contribution is -2.10. The molecule has 1 heteroatoms. The molecule has 0 fully saturated rings. The van der Waals surface area contributed by atoms with E-state index in [9.17, 15) is 0 Å². The standard InChI is InChI=1S/C48H33N/c1-3-12-36(13-4-1)46-29-28-44(33-48(46)37-14-5-2-6-15-37)49(43-27-30-47-41(32-43)22-20-38-16-9-10-18-45(38)47)42-25-23-35(24-26-42)40-21-19-34-11-7-8-17-39(34)31-40/h1-33H. The van der Waals surface area contributed by atoms with Crippen LogP contribution in [0.5, 0.6) is 0 Å². The molecule has 9 aromatic carbocycles. The van der Waals surface area contributed by atoms with Crippen LogP contribution in [0.1, 0.15) is 0 Å². The summed E-state index contributed by atoms with van der Waals surface area (Å²) in [5.41, 5.74) is 10.6. The van der Waals surface area contributed by atoms with Gasteiger partial charge in [-0.2, -0.15) is 0 Å². The lowest BCUT2D eigenvalue weighted by atomic mass is 9.93. The quantitative estimate of drug-likeness (QED) is 0.167. The Kier molecular flexibility index (Phi) is 7.22. The normalized spacial score (nSPS) is 11.3. The molecule has 0 bridgehead atoms. The molecular formula is C48H33N.